The number of aryl methyl sites for hydroxylation is 1. The number of imidazole rings is 1. The van der Waals surface area contributed by atoms with Crippen LogP contribution in [0.15, 0.2) is 59.4 Å². The molecule has 1 aliphatic rings. The maximum absolute atomic E-state index is 12.2. The van der Waals surface area contributed by atoms with Crippen molar-refractivity contribution in [3.8, 4) is 0 Å². The molecule has 0 amide bonds. The Balaban J connectivity index is 1.40. The minimum atomic E-state index is -0.0132. The first-order chi connectivity index (χ1) is 12.2. The average Bonchev–Trinajstić information content (AvgIpc) is 3.25. The Bertz CT molecular complexity index is 899. The first-order valence-corrected chi connectivity index (χ1v) is 8.94. The molecule has 5 nitrogen and oxygen atoms in total. The number of aromatic nitrogens is 2. The number of nitrogens with one attached hydrogen (secondary N) is 1. The predicted octanol–water partition coefficient (Wildman–Crippen LogP) is 2.89. The second kappa shape index (κ2) is 6.76. The summed E-state index contributed by atoms with van der Waals surface area (Å²) in [5, 5.41) is 0. The van der Waals surface area contributed by atoms with Crippen LogP contribution < -0.4 is 10.6 Å². The smallest absolute Gasteiger partial charge is 0.326 e. The van der Waals surface area contributed by atoms with Crippen LogP contribution in [0.25, 0.3) is 11.0 Å². The summed E-state index contributed by atoms with van der Waals surface area (Å²) in [7, 11) is 0. The predicted molar refractivity (Wildman–Crippen MR) is 102 cm³/mol. The number of fused-ring (bicyclic) bond motifs is 1. The normalized spacial score (nSPS) is 16.6. The van der Waals surface area contributed by atoms with Crippen LogP contribution in [0.4, 0.5) is 5.69 Å². The summed E-state index contributed by atoms with van der Waals surface area (Å²) >= 11 is 0. The van der Waals surface area contributed by atoms with E-state index in [0.717, 1.165) is 43.8 Å². The molecule has 1 unspecified atom stereocenters. The van der Waals surface area contributed by atoms with Crippen LogP contribution in [0.3, 0.4) is 0 Å². The monoisotopic (exact) mass is 336 g/mol. The van der Waals surface area contributed by atoms with Gasteiger partial charge in [0.25, 0.3) is 0 Å². The maximum atomic E-state index is 12.2. The van der Waals surface area contributed by atoms with Crippen molar-refractivity contribution in [3.05, 3.63) is 65.1 Å². The largest absolute Gasteiger partial charge is 0.357 e. The van der Waals surface area contributed by atoms with E-state index in [4.69, 9.17) is 0 Å². The third-order valence-corrected chi connectivity index (χ3v) is 5.21. The lowest BCUT2D eigenvalue weighted by Gasteiger charge is -2.25. The molecule has 3 aromatic rings. The Labute approximate surface area is 147 Å². The van der Waals surface area contributed by atoms with Gasteiger partial charge in [0, 0.05) is 31.4 Å². The number of rotatable bonds is 5. The second-order valence-electron chi connectivity index (χ2n) is 6.79. The van der Waals surface area contributed by atoms with Crippen LogP contribution in [0.1, 0.15) is 13.3 Å². The maximum Gasteiger partial charge on any atom is 0.326 e. The first kappa shape index (κ1) is 16.0. The SMILES string of the molecule is CC(CCn1c(=O)[nH]c2ccccc21)N1CCN(c2ccccc2)C1. The van der Waals surface area contributed by atoms with E-state index < -0.39 is 0 Å². The molecule has 0 spiro atoms. The number of benzene rings is 2. The minimum Gasteiger partial charge on any atom is -0.357 e. The van der Waals surface area contributed by atoms with Crippen molar-refractivity contribution >= 4 is 16.7 Å². The Morgan fingerprint density at radius 3 is 2.64 bits per heavy atom. The van der Waals surface area contributed by atoms with Crippen molar-refractivity contribution in [2.24, 2.45) is 0 Å². The van der Waals surface area contributed by atoms with Gasteiger partial charge in [0.1, 0.15) is 0 Å². The zero-order valence-electron chi connectivity index (χ0n) is 14.6. The molecule has 2 heterocycles. The van der Waals surface area contributed by atoms with Gasteiger partial charge in [-0.25, -0.2) is 4.79 Å². The molecule has 0 radical (unpaired) electrons. The van der Waals surface area contributed by atoms with Crippen LogP contribution >= 0.6 is 0 Å². The Hall–Kier alpha value is -2.53. The van der Waals surface area contributed by atoms with E-state index >= 15 is 0 Å². The van der Waals surface area contributed by atoms with E-state index in [0.29, 0.717) is 6.04 Å². The fraction of sp³-hybridized carbons (Fsp3) is 0.350. The highest BCUT2D eigenvalue weighted by Gasteiger charge is 2.24. The van der Waals surface area contributed by atoms with Gasteiger partial charge in [-0.05, 0) is 37.6 Å². The zero-order valence-corrected chi connectivity index (χ0v) is 14.6. The number of anilines is 1. The third-order valence-electron chi connectivity index (χ3n) is 5.21. The van der Waals surface area contributed by atoms with Crippen molar-refractivity contribution in [2.45, 2.75) is 25.9 Å². The summed E-state index contributed by atoms with van der Waals surface area (Å²) in [6, 6.07) is 18.9. The van der Waals surface area contributed by atoms with Gasteiger partial charge in [-0.1, -0.05) is 30.3 Å². The highest BCUT2D eigenvalue weighted by atomic mass is 16.1. The van der Waals surface area contributed by atoms with Crippen LogP contribution in [-0.4, -0.2) is 40.3 Å². The molecule has 25 heavy (non-hydrogen) atoms. The molecule has 0 saturated carbocycles. The number of hydrogen-bond acceptors (Lipinski definition) is 3. The van der Waals surface area contributed by atoms with Crippen LogP contribution in [-0.2, 0) is 6.54 Å². The lowest BCUT2D eigenvalue weighted by Crippen LogP contribution is -2.34. The highest BCUT2D eigenvalue weighted by Crippen LogP contribution is 2.20. The van der Waals surface area contributed by atoms with E-state index in [-0.39, 0.29) is 5.69 Å². The van der Waals surface area contributed by atoms with E-state index in [1.54, 1.807) is 0 Å². The Morgan fingerprint density at radius 2 is 1.80 bits per heavy atom. The number of aromatic amines is 1. The second-order valence-corrected chi connectivity index (χ2v) is 6.79. The van der Waals surface area contributed by atoms with E-state index in [1.807, 2.05) is 28.8 Å². The lowest BCUT2D eigenvalue weighted by atomic mass is 10.2. The van der Waals surface area contributed by atoms with Crippen molar-refractivity contribution < 1.29 is 0 Å². The number of hydrogen-bond donors (Lipinski definition) is 1. The zero-order chi connectivity index (χ0) is 17.2. The molecule has 4 rings (SSSR count). The van der Waals surface area contributed by atoms with Crippen LogP contribution in [0.5, 0.6) is 0 Å². The Morgan fingerprint density at radius 1 is 1.04 bits per heavy atom. The molecule has 0 aliphatic carbocycles. The molecule has 1 atom stereocenters. The molecule has 0 bridgehead atoms. The molecule has 1 aliphatic heterocycles. The summed E-state index contributed by atoms with van der Waals surface area (Å²) < 4.78 is 1.86. The first-order valence-electron chi connectivity index (χ1n) is 8.94. The van der Waals surface area contributed by atoms with Crippen molar-refractivity contribution in [1.82, 2.24) is 14.5 Å². The Kier molecular flexibility index (Phi) is 4.32. The fourth-order valence-corrected chi connectivity index (χ4v) is 3.65. The fourth-order valence-electron chi connectivity index (χ4n) is 3.65. The minimum absolute atomic E-state index is 0.0132. The van der Waals surface area contributed by atoms with Gasteiger partial charge in [-0.2, -0.15) is 0 Å². The van der Waals surface area contributed by atoms with E-state index in [9.17, 15) is 4.79 Å². The van der Waals surface area contributed by atoms with Gasteiger partial charge >= 0.3 is 5.69 Å². The molecule has 1 N–H and O–H groups in total. The van der Waals surface area contributed by atoms with Gasteiger partial charge < -0.3 is 9.88 Å². The molecule has 1 saturated heterocycles. The van der Waals surface area contributed by atoms with Gasteiger partial charge in [0.2, 0.25) is 0 Å². The number of para-hydroxylation sites is 3. The molecule has 130 valence electrons. The molecule has 5 heteroatoms. The summed E-state index contributed by atoms with van der Waals surface area (Å²) in [6.45, 7) is 6.08. The number of nitrogens with zero attached hydrogens (tertiary/aromatic N) is 3. The topological polar surface area (TPSA) is 44.3 Å². The third kappa shape index (κ3) is 3.20. The lowest BCUT2D eigenvalue weighted by molar-refractivity contribution is 0.241. The van der Waals surface area contributed by atoms with Gasteiger partial charge in [0.05, 0.1) is 17.7 Å². The molecular weight excluding hydrogens is 312 g/mol. The van der Waals surface area contributed by atoms with Gasteiger partial charge in [-0.15, -0.1) is 0 Å². The van der Waals surface area contributed by atoms with Gasteiger partial charge in [0.15, 0.2) is 0 Å². The molecular formula is C20H24N4O. The average molecular weight is 336 g/mol. The van der Waals surface area contributed by atoms with Crippen LogP contribution in [0, 0.1) is 0 Å². The van der Waals surface area contributed by atoms with Crippen molar-refractivity contribution in [1.29, 1.82) is 0 Å². The number of H-pyrrole nitrogens is 1. The van der Waals surface area contributed by atoms with Crippen LogP contribution in [0.2, 0.25) is 0 Å². The quantitative estimate of drug-likeness (QED) is 0.779. The van der Waals surface area contributed by atoms with Gasteiger partial charge in [-0.3, -0.25) is 9.47 Å². The highest BCUT2D eigenvalue weighted by molar-refractivity contribution is 5.74. The van der Waals surface area contributed by atoms with E-state index in [1.165, 1.54) is 5.69 Å². The van der Waals surface area contributed by atoms with E-state index in [2.05, 4.69) is 52.0 Å². The summed E-state index contributed by atoms with van der Waals surface area (Å²) in [5.74, 6) is 0. The molecule has 2 aromatic carbocycles. The summed E-state index contributed by atoms with van der Waals surface area (Å²) in [4.78, 5) is 20.0. The van der Waals surface area contributed by atoms with Crippen molar-refractivity contribution in [2.75, 3.05) is 24.7 Å². The standard InChI is InChI=1S/C20H24N4O/c1-16(22-13-14-23(15-22)17-7-3-2-4-8-17)11-12-24-19-10-6-5-9-18(19)21-20(24)25/h2-10,16H,11-15H2,1H3,(H,21,25). The molecule has 1 aromatic heterocycles. The van der Waals surface area contributed by atoms with Crippen molar-refractivity contribution in [3.63, 3.8) is 0 Å². The molecule has 1 fully saturated rings. The summed E-state index contributed by atoms with van der Waals surface area (Å²) in [5.41, 5.74) is 3.18. The summed E-state index contributed by atoms with van der Waals surface area (Å²) in [6.07, 6.45) is 0.963.